The maximum Gasteiger partial charge on any atom is 0.253 e. The normalized spacial score (nSPS) is 26.9. The van der Waals surface area contributed by atoms with Gasteiger partial charge in [-0.1, -0.05) is 54.4 Å². The van der Waals surface area contributed by atoms with Gasteiger partial charge in [0.25, 0.3) is 5.91 Å². The van der Waals surface area contributed by atoms with E-state index in [0.29, 0.717) is 22.8 Å². The number of rotatable bonds is 8. The van der Waals surface area contributed by atoms with Gasteiger partial charge in [0.2, 0.25) is 5.13 Å². The van der Waals surface area contributed by atoms with Gasteiger partial charge in [-0.15, -0.1) is 0 Å². The average Bonchev–Trinajstić information content (AvgIpc) is 3.75. The van der Waals surface area contributed by atoms with Crippen molar-refractivity contribution in [1.29, 1.82) is 0 Å². The number of benzene rings is 1. The number of ketones is 1. The van der Waals surface area contributed by atoms with Crippen LogP contribution in [0.5, 0.6) is 0 Å². The fourth-order valence-corrected chi connectivity index (χ4v) is 8.30. The summed E-state index contributed by atoms with van der Waals surface area (Å²) in [7, 11) is 2.07. The summed E-state index contributed by atoms with van der Waals surface area (Å²) in [6, 6.07) is 6.12. The standard InChI is InChI=1S/C33H42FN5O4S/c1-4-21(2)25-18-39(28-26(41)19-43-29(25)28)33(20-40,24-8-6-5-7-9-24)36-31(42)23-12-10-22(11-13-23)27-30(34)44-32(35-27)38-16-14-37(3)15-17-38/h4,10-13,20,24-25,28-29H,5-9,14-19H2,1-3H3,(H,36,42). The number of hydrogen-bond acceptors (Lipinski definition) is 9. The highest BCUT2D eigenvalue weighted by atomic mass is 32.1. The van der Waals surface area contributed by atoms with E-state index in [9.17, 15) is 14.4 Å². The number of carbonyl (C=O) groups excluding carboxylic acids is 3. The fraction of sp³-hybridized carbons (Fsp3) is 0.576. The van der Waals surface area contributed by atoms with Crippen molar-refractivity contribution in [2.45, 2.75) is 63.8 Å². The number of amides is 1. The van der Waals surface area contributed by atoms with Gasteiger partial charge in [-0.2, -0.15) is 4.39 Å². The van der Waals surface area contributed by atoms with Gasteiger partial charge >= 0.3 is 0 Å². The number of nitrogens with one attached hydrogen (secondary N) is 1. The molecule has 1 aromatic carbocycles. The van der Waals surface area contributed by atoms with Gasteiger partial charge in [-0.25, -0.2) is 4.98 Å². The number of ether oxygens (including phenoxy) is 1. The van der Waals surface area contributed by atoms with E-state index >= 15 is 4.39 Å². The summed E-state index contributed by atoms with van der Waals surface area (Å²) in [5.74, 6) is -0.629. The van der Waals surface area contributed by atoms with Crippen LogP contribution >= 0.6 is 11.3 Å². The number of likely N-dealkylation sites (N-methyl/N-ethyl adjacent to an activating group) is 1. The van der Waals surface area contributed by atoms with Crippen molar-refractivity contribution in [2.24, 2.45) is 11.8 Å². The molecule has 2 aromatic rings. The zero-order chi connectivity index (χ0) is 31.0. The summed E-state index contributed by atoms with van der Waals surface area (Å²) < 4.78 is 21.0. The SMILES string of the molecule is CC=C(C)C1CN(C(C=O)(NC(=O)c2ccc(-c3nc(N4CCN(C)CC4)sc3F)cc2)C2CCCCC2)C2C(=O)COC12. The average molecular weight is 624 g/mol. The minimum Gasteiger partial charge on any atom is -0.368 e. The van der Waals surface area contributed by atoms with Crippen LogP contribution in [0.2, 0.25) is 0 Å². The van der Waals surface area contributed by atoms with E-state index < -0.39 is 17.6 Å². The molecule has 44 heavy (non-hydrogen) atoms. The van der Waals surface area contributed by atoms with Gasteiger partial charge in [0, 0.05) is 55.7 Å². The van der Waals surface area contributed by atoms with E-state index in [4.69, 9.17) is 4.74 Å². The Kier molecular flexibility index (Phi) is 9.01. The maximum absolute atomic E-state index is 15.0. The van der Waals surface area contributed by atoms with E-state index in [1.807, 2.05) is 24.8 Å². The van der Waals surface area contributed by atoms with Crippen LogP contribution in [0.1, 0.15) is 56.3 Å². The lowest BCUT2D eigenvalue weighted by Gasteiger charge is -2.47. The molecule has 4 heterocycles. The molecule has 3 saturated heterocycles. The summed E-state index contributed by atoms with van der Waals surface area (Å²) in [4.78, 5) is 51.2. The van der Waals surface area contributed by atoms with Crippen molar-refractivity contribution in [2.75, 3.05) is 51.3 Å². The predicted octanol–water partition coefficient (Wildman–Crippen LogP) is 4.14. The van der Waals surface area contributed by atoms with E-state index in [0.717, 1.165) is 81.5 Å². The Hall–Kier alpha value is -2.99. The molecule has 11 heteroatoms. The van der Waals surface area contributed by atoms with Crippen LogP contribution in [0.25, 0.3) is 11.3 Å². The number of halogens is 1. The van der Waals surface area contributed by atoms with E-state index in [2.05, 4.69) is 27.1 Å². The molecule has 1 saturated carbocycles. The molecule has 4 unspecified atom stereocenters. The molecule has 3 aliphatic heterocycles. The Morgan fingerprint density at radius 2 is 1.84 bits per heavy atom. The molecular weight excluding hydrogens is 581 g/mol. The number of piperazine rings is 1. The molecule has 1 aliphatic carbocycles. The molecule has 4 aliphatic rings. The van der Waals surface area contributed by atoms with Gasteiger partial charge in [0.15, 0.2) is 22.9 Å². The van der Waals surface area contributed by atoms with Crippen LogP contribution in [-0.2, 0) is 14.3 Å². The zero-order valence-electron chi connectivity index (χ0n) is 25.8. The van der Waals surface area contributed by atoms with Crippen molar-refractivity contribution < 1.29 is 23.5 Å². The Morgan fingerprint density at radius 3 is 2.50 bits per heavy atom. The van der Waals surface area contributed by atoms with Gasteiger partial charge in [-0.05, 0) is 45.9 Å². The number of fused-ring (bicyclic) bond motifs is 1. The maximum atomic E-state index is 15.0. The lowest BCUT2D eigenvalue weighted by molar-refractivity contribution is -0.133. The molecule has 1 amide bonds. The quantitative estimate of drug-likeness (QED) is 0.347. The number of Topliss-reactive ketones (excluding diaryl/α,β-unsaturated/α-hetero) is 1. The smallest absolute Gasteiger partial charge is 0.253 e. The highest BCUT2D eigenvalue weighted by molar-refractivity contribution is 7.14. The third-order valence-electron chi connectivity index (χ3n) is 10.2. The summed E-state index contributed by atoms with van der Waals surface area (Å²) in [6.45, 7) is 7.86. The minimum atomic E-state index is -1.34. The molecule has 4 fully saturated rings. The van der Waals surface area contributed by atoms with Gasteiger partial charge in [0.1, 0.15) is 18.3 Å². The van der Waals surface area contributed by atoms with Crippen molar-refractivity contribution in [1.82, 2.24) is 20.1 Å². The Morgan fingerprint density at radius 1 is 1.14 bits per heavy atom. The highest BCUT2D eigenvalue weighted by Gasteiger charge is 2.59. The Labute approximate surface area is 262 Å². The number of aldehydes is 1. The molecule has 6 rings (SSSR count). The molecule has 236 valence electrons. The number of likely N-dealkylation sites (tertiary alicyclic amines) is 1. The molecule has 1 aromatic heterocycles. The van der Waals surface area contributed by atoms with Crippen LogP contribution < -0.4 is 10.2 Å². The van der Waals surface area contributed by atoms with E-state index in [-0.39, 0.29) is 41.2 Å². The first-order chi connectivity index (χ1) is 21.3. The van der Waals surface area contributed by atoms with E-state index in [1.165, 1.54) is 0 Å². The summed E-state index contributed by atoms with van der Waals surface area (Å²) in [5, 5.41) is 3.44. The summed E-state index contributed by atoms with van der Waals surface area (Å²) in [6.07, 6.45) is 7.11. The second-order valence-electron chi connectivity index (χ2n) is 12.7. The number of hydrogen-bond donors (Lipinski definition) is 1. The number of carbonyl (C=O) groups is 3. The molecule has 9 nitrogen and oxygen atoms in total. The molecule has 1 N–H and O–H groups in total. The predicted molar refractivity (Wildman–Crippen MR) is 168 cm³/mol. The van der Waals surface area contributed by atoms with Crippen LogP contribution in [0.4, 0.5) is 9.52 Å². The largest absolute Gasteiger partial charge is 0.368 e. The molecule has 0 radical (unpaired) electrons. The van der Waals surface area contributed by atoms with Gasteiger partial charge in [-0.3, -0.25) is 19.3 Å². The first kappa shape index (κ1) is 31.0. The highest BCUT2D eigenvalue weighted by Crippen LogP contribution is 2.44. The molecule has 0 spiro atoms. The second-order valence-corrected chi connectivity index (χ2v) is 13.6. The second kappa shape index (κ2) is 12.8. The van der Waals surface area contributed by atoms with E-state index in [1.54, 1.807) is 24.3 Å². The fourth-order valence-electron chi connectivity index (χ4n) is 7.43. The first-order valence-electron chi connectivity index (χ1n) is 15.8. The zero-order valence-corrected chi connectivity index (χ0v) is 26.6. The summed E-state index contributed by atoms with van der Waals surface area (Å²) >= 11 is 1.04. The van der Waals surface area contributed by atoms with Crippen molar-refractivity contribution in [3.05, 3.63) is 46.6 Å². The number of anilines is 1. The van der Waals surface area contributed by atoms with Crippen LogP contribution in [0.3, 0.4) is 0 Å². The Balaban J connectivity index is 1.26. The Bertz CT molecular complexity index is 1420. The monoisotopic (exact) mass is 623 g/mol. The third kappa shape index (κ3) is 5.63. The molecule has 4 atom stereocenters. The lowest BCUT2D eigenvalue weighted by atomic mass is 9.78. The van der Waals surface area contributed by atoms with Gasteiger partial charge < -0.3 is 19.9 Å². The topological polar surface area (TPSA) is 95.1 Å². The number of nitrogens with zero attached hydrogens (tertiary/aromatic N) is 4. The number of allylic oxidation sites excluding steroid dienone is 1. The summed E-state index contributed by atoms with van der Waals surface area (Å²) in [5.41, 5.74) is 0.979. The van der Waals surface area contributed by atoms with Crippen molar-refractivity contribution >= 4 is 34.4 Å². The lowest BCUT2D eigenvalue weighted by Crippen LogP contribution is -2.68. The molecular formula is C33H42FN5O4S. The van der Waals surface area contributed by atoms with Crippen molar-refractivity contribution in [3.63, 3.8) is 0 Å². The van der Waals surface area contributed by atoms with Crippen LogP contribution in [0.15, 0.2) is 35.9 Å². The minimum absolute atomic E-state index is 0.0119. The van der Waals surface area contributed by atoms with Crippen LogP contribution in [-0.4, -0.2) is 96.9 Å². The van der Waals surface area contributed by atoms with Crippen molar-refractivity contribution in [3.8, 4) is 11.3 Å². The third-order valence-corrected chi connectivity index (χ3v) is 11.1. The van der Waals surface area contributed by atoms with Gasteiger partial charge in [0.05, 0.1) is 6.10 Å². The van der Waals surface area contributed by atoms with Crippen LogP contribution in [0, 0.1) is 17.0 Å². The molecule has 0 bridgehead atoms. The number of thiazole rings is 1. The number of aromatic nitrogens is 1. The first-order valence-corrected chi connectivity index (χ1v) is 16.6.